The maximum atomic E-state index is 11.8. The highest BCUT2D eigenvalue weighted by Crippen LogP contribution is 2.28. The molecule has 4 nitrogen and oxygen atoms in total. The number of nitrogens with two attached hydrogens (primary N) is 1. The van der Waals surface area contributed by atoms with Crippen molar-refractivity contribution in [2.24, 2.45) is 11.7 Å². The van der Waals surface area contributed by atoms with Crippen molar-refractivity contribution in [3.05, 3.63) is 29.8 Å². The number of urea groups is 1. The first-order chi connectivity index (χ1) is 8.40. The number of imide groups is 1. The molecule has 0 bridgehead atoms. The second-order valence-corrected chi connectivity index (χ2v) is 5.66. The van der Waals surface area contributed by atoms with Gasteiger partial charge in [-0.05, 0) is 25.0 Å². The summed E-state index contributed by atoms with van der Waals surface area (Å²) in [5, 5.41) is 1.80. The predicted molar refractivity (Wildman–Crippen MR) is 73.4 cm³/mol. The molecule has 1 unspecified atom stereocenters. The Balaban J connectivity index is 2.77. The third-order valence-corrected chi connectivity index (χ3v) is 3.95. The highest BCUT2D eigenvalue weighted by atomic mass is 32.2. The minimum atomic E-state index is -0.810. The van der Waals surface area contributed by atoms with Crippen LogP contribution < -0.4 is 11.1 Å². The Bertz CT molecular complexity index is 429. The molecule has 1 rings (SSSR count). The molecule has 0 aliphatic heterocycles. The van der Waals surface area contributed by atoms with Gasteiger partial charge >= 0.3 is 6.03 Å². The van der Waals surface area contributed by atoms with Crippen LogP contribution >= 0.6 is 11.8 Å². The Morgan fingerprint density at radius 2 is 1.78 bits per heavy atom. The Hall–Kier alpha value is -1.49. The smallest absolute Gasteiger partial charge is 0.318 e. The van der Waals surface area contributed by atoms with Crippen LogP contribution in [-0.2, 0) is 4.79 Å². The third kappa shape index (κ3) is 4.41. The van der Waals surface area contributed by atoms with Gasteiger partial charge in [0.15, 0.2) is 0 Å². The average molecular weight is 266 g/mol. The molecule has 0 aromatic heterocycles. The highest BCUT2D eigenvalue weighted by molar-refractivity contribution is 8.00. The number of nitrogens with one attached hydrogen (secondary N) is 1. The number of amides is 3. The normalized spacial score (nSPS) is 12.2. The van der Waals surface area contributed by atoms with E-state index < -0.39 is 6.03 Å². The van der Waals surface area contributed by atoms with Gasteiger partial charge in [0.2, 0.25) is 5.91 Å². The van der Waals surface area contributed by atoms with Gasteiger partial charge < -0.3 is 5.73 Å². The first kappa shape index (κ1) is 14.6. The molecule has 98 valence electrons. The number of hydrogen-bond donors (Lipinski definition) is 2. The van der Waals surface area contributed by atoms with Gasteiger partial charge in [-0.25, -0.2) is 4.79 Å². The van der Waals surface area contributed by atoms with E-state index in [1.807, 2.05) is 45.0 Å². The average Bonchev–Trinajstić information content (AvgIpc) is 2.26. The monoisotopic (exact) mass is 266 g/mol. The Labute approximate surface area is 111 Å². The molecule has 1 aromatic carbocycles. The topological polar surface area (TPSA) is 72.2 Å². The molecule has 18 heavy (non-hydrogen) atoms. The third-order valence-electron chi connectivity index (χ3n) is 2.39. The maximum Gasteiger partial charge on any atom is 0.318 e. The summed E-state index contributed by atoms with van der Waals surface area (Å²) in [6.07, 6.45) is 0. The zero-order valence-electron chi connectivity index (χ0n) is 10.8. The van der Waals surface area contributed by atoms with Crippen LogP contribution in [0.2, 0.25) is 0 Å². The van der Waals surface area contributed by atoms with Crippen molar-refractivity contribution in [1.82, 2.24) is 5.32 Å². The highest BCUT2D eigenvalue weighted by Gasteiger charge is 2.24. The van der Waals surface area contributed by atoms with Crippen LogP contribution in [0.4, 0.5) is 4.79 Å². The fourth-order valence-electron chi connectivity index (χ4n) is 1.45. The van der Waals surface area contributed by atoms with Gasteiger partial charge in [0.1, 0.15) is 0 Å². The maximum absolute atomic E-state index is 11.8. The first-order valence-electron chi connectivity index (χ1n) is 5.73. The van der Waals surface area contributed by atoms with Crippen molar-refractivity contribution in [3.8, 4) is 0 Å². The summed E-state index contributed by atoms with van der Waals surface area (Å²) >= 11 is 1.44. The lowest BCUT2D eigenvalue weighted by Crippen LogP contribution is -2.42. The van der Waals surface area contributed by atoms with E-state index in [9.17, 15) is 9.59 Å². The van der Waals surface area contributed by atoms with Crippen LogP contribution in [0.25, 0.3) is 0 Å². The lowest BCUT2D eigenvalue weighted by Gasteiger charge is -2.18. The first-order valence-corrected chi connectivity index (χ1v) is 6.61. The second kappa shape index (κ2) is 6.44. The molecule has 0 fully saturated rings. The van der Waals surface area contributed by atoms with Crippen LogP contribution in [0.3, 0.4) is 0 Å². The Kier molecular flexibility index (Phi) is 5.22. The van der Waals surface area contributed by atoms with Crippen molar-refractivity contribution >= 4 is 23.7 Å². The molecule has 0 saturated heterocycles. The van der Waals surface area contributed by atoms with Gasteiger partial charge in [0.05, 0.1) is 5.25 Å². The van der Waals surface area contributed by atoms with E-state index >= 15 is 0 Å². The van der Waals surface area contributed by atoms with Crippen molar-refractivity contribution < 1.29 is 9.59 Å². The summed E-state index contributed by atoms with van der Waals surface area (Å²) in [7, 11) is 0. The van der Waals surface area contributed by atoms with Crippen molar-refractivity contribution in [1.29, 1.82) is 0 Å². The molecule has 1 atom stereocenters. The lowest BCUT2D eigenvalue weighted by molar-refractivity contribution is -0.120. The minimum absolute atomic E-state index is 0.107. The van der Waals surface area contributed by atoms with Gasteiger partial charge in [-0.1, -0.05) is 31.5 Å². The molecule has 3 N–H and O–H groups in total. The molecule has 0 spiro atoms. The molecule has 3 amide bonds. The van der Waals surface area contributed by atoms with Gasteiger partial charge in [-0.15, -0.1) is 11.8 Å². The summed E-state index contributed by atoms with van der Waals surface area (Å²) in [5.41, 5.74) is 6.13. The molecule has 5 heteroatoms. The molecule has 0 aliphatic rings. The zero-order chi connectivity index (χ0) is 13.7. The van der Waals surface area contributed by atoms with E-state index in [-0.39, 0.29) is 17.1 Å². The standard InChI is InChI=1S/C13H18N2O2S/c1-8(2)11(12(16)15-13(14)17)18-10-6-4-9(3)5-7-10/h4-8,11H,1-3H3,(H3,14,15,16,17). The number of benzene rings is 1. The number of thioether (sulfide) groups is 1. The number of carbonyl (C=O) groups is 2. The number of carbonyl (C=O) groups excluding carboxylic acids is 2. The number of hydrogen-bond acceptors (Lipinski definition) is 3. The summed E-state index contributed by atoms with van der Waals surface area (Å²) in [6, 6.07) is 7.10. The number of aryl methyl sites for hydroxylation is 1. The van der Waals surface area contributed by atoms with Crippen LogP contribution in [0.15, 0.2) is 29.2 Å². The molecule has 0 heterocycles. The van der Waals surface area contributed by atoms with E-state index in [1.54, 1.807) is 0 Å². The van der Waals surface area contributed by atoms with Gasteiger partial charge in [0.25, 0.3) is 0 Å². The summed E-state index contributed by atoms with van der Waals surface area (Å²) in [4.78, 5) is 23.5. The van der Waals surface area contributed by atoms with E-state index in [0.29, 0.717) is 0 Å². The number of rotatable bonds is 4. The number of primary amides is 1. The van der Waals surface area contributed by atoms with Crippen LogP contribution in [0.5, 0.6) is 0 Å². The van der Waals surface area contributed by atoms with Crippen molar-refractivity contribution in [2.45, 2.75) is 30.9 Å². The largest absolute Gasteiger partial charge is 0.351 e. The van der Waals surface area contributed by atoms with Crippen LogP contribution in [0, 0.1) is 12.8 Å². The summed E-state index contributed by atoms with van der Waals surface area (Å²) in [6.45, 7) is 5.88. The fraction of sp³-hybridized carbons (Fsp3) is 0.385. The summed E-state index contributed by atoms with van der Waals surface area (Å²) < 4.78 is 0. The van der Waals surface area contributed by atoms with Crippen LogP contribution in [0.1, 0.15) is 19.4 Å². The summed E-state index contributed by atoms with van der Waals surface area (Å²) in [5.74, 6) is -0.237. The van der Waals surface area contributed by atoms with E-state index in [0.717, 1.165) is 4.90 Å². The molecular formula is C13H18N2O2S. The van der Waals surface area contributed by atoms with E-state index in [4.69, 9.17) is 5.73 Å². The van der Waals surface area contributed by atoms with Gasteiger partial charge in [0, 0.05) is 4.90 Å². The molecule has 1 aromatic rings. The Morgan fingerprint density at radius 1 is 1.22 bits per heavy atom. The SMILES string of the molecule is Cc1ccc(SC(C(=O)NC(N)=O)C(C)C)cc1. The predicted octanol–water partition coefficient (Wildman–Crippen LogP) is 2.31. The zero-order valence-corrected chi connectivity index (χ0v) is 11.6. The second-order valence-electron chi connectivity index (χ2n) is 4.45. The van der Waals surface area contributed by atoms with Crippen LogP contribution in [-0.4, -0.2) is 17.2 Å². The van der Waals surface area contributed by atoms with Crippen molar-refractivity contribution in [3.63, 3.8) is 0 Å². The van der Waals surface area contributed by atoms with Gasteiger partial charge in [-0.3, -0.25) is 10.1 Å². The van der Waals surface area contributed by atoms with Gasteiger partial charge in [-0.2, -0.15) is 0 Å². The fourth-order valence-corrected chi connectivity index (χ4v) is 2.47. The quantitative estimate of drug-likeness (QED) is 0.821. The van der Waals surface area contributed by atoms with E-state index in [1.165, 1.54) is 17.3 Å². The van der Waals surface area contributed by atoms with E-state index in [2.05, 4.69) is 5.32 Å². The molecule has 0 radical (unpaired) electrons. The molecular weight excluding hydrogens is 248 g/mol. The molecule has 0 aliphatic carbocycles. The van der Waals surface area contributed by atoms with Crippen molar-refractivity contribution in [2.75, 3.05) is 0 Å². The Morgan fingerprint density at radius 3 is 2.22 bits per heavy atom. The lowest BCUT2D eigenvalue weighted by atomic mass is 10.1. The molecule has 0 saturated carbocycles. The minimum Gasteiger partial charge on any atom is -0.351 e.